The largest absolute Gasteiger partial charge is 0.550 e. The molecule has 0 bridgehead atoms. The molecule has 1 amide bonds. The lowest BCUT2D eigenvalue weighted by Crippen LogP contribution is -2.41. The fourth-order valence-corrected chi connectivity index (χ4v) is 2.30. The van der Waals surface area contributed by atoms with E-state index >= 15 is 0 Å². The number of hydrogen-bond acceptors (Lipinski definition) is 4. The van der Waals surface area contributed by atoms with Gasteiger partial charge in [0.2, 0.25) is 5.91 Å². The van der Waals surface area contributed by atoms with Crippen LogP contribution in [0.5, 0.6) is 5.75 Å². The fraction of sp³-hybridized carbons (Fsp3) is 0.333. The van der Waals surface area contributed by atoms with Crippen molar-refractivity contribution in [2.24, 2.45) is 11.8 Å². The van der Waals surface area contributed by atoms with E-state index in [1.807, 2.05) is 6.08 Å². The van der Waals surface area contributed by atoms with Crippen LogP contribution >= 0.6 is 0 Å². The van der Waals surface area contributed by atoms with Gasteiger partial charge in [-0.05, 0) is 25.0 Å². The van der Waals surface area contributed by atoms with Crippen molar-refractivity contribution in [1.82, 2.24) is 0 Å². The lowest BCUT2D eigenvalue weighted by molar-refractivity contribution is -0.313. The van der Waals surface area contributed by atoms with Crippen molar-refractivity contribution in [3.63, 3.8) is 0 Å². The molecule has 106 valence electrons. The maximum Gasteiger partial charge on any atom is 0.228 e. The predicted octanol–water partition coefficient (Wildman–Crippen LogP) is 0.966. The van der Waals surface area contributed by atoms with Crippen molar-refractivity contribution in [2.45, 2.75) is 12.8 Å². The number of carbonyl (C=O) groups is 2. The van der Waals surface area contributed by atoms with Gasteiger partial charge >= 0.3 is 0 Å². The van der Waals surface area contributed by atoms with Crippen LogP contribution in [0.1, 0.15) is 12.8 Å². The van der Waals surface area contributed by atoms with E-state index < -0.39 is 17.8 Å². The summed E-state index contributed by atoms with van der Waals surface area (Å²) in [5, 5.41) is 13.8. The van der Waals surface area contributed by atoms with E-state index in [0.717, 1.165) is 0 Å². The van der Waals surface area contributed by atoms with Crippen molar-refractivity contribution in [3.8, 4) is 5.75 Å². The number of anilines is 1. The molecule has 0 unspecified atom stereocenters. The number of rotatable bonds is 4. The highest BCUT2D eigenvalue weighted by molar-refractivity contribution is 5.95. The third-order valence-corrected chi connectivity index (χ3v) is 3.41. The van der Waals surface area contributed by atoms with Crippen LogP contribution in [-0.4, -0.2) is 19.0 Å². The van der Waals surface area contributed by atoms with Gasteiger partial charge in [-0.25, -0.2) is 0 Å². The highest BCUT2D eigenvalue weighted by atomic mass is 16.5. The third-order valence-electron chi connectivity index (χ3n) is 3.41. The van der Waals surface area contributed by atoms with E-state index in [2.05, 4.69) is 5.32 Å². The summed E-state index contributed by atoms with van der Waals surface area (Å²) in [5.74, 6) is -2.23. The monoisotopic (exact) mass is 274 g/mol. The molecular weight excluding hydrogens is 258 g/mol. The molecule has 5 nitrogen and oxygen atoms in total. The van der Waals surface area contributed by atoms with Gasteiger partial charge in [-0.3, -0.25) is 4.79 Å². The fourth-order valence-electron chi connectivity index (χ4n) is 2.30. The van der Waals surface area contributed by atoms with Crippen LogP contribution in [0.15, 0.2) is 36.4 Å². The molecule has 0 spiro atoms. The SMILES string of the molecule is COc1cccc(NC(=O)[C@@H]2CC=CC[C@H]2C(=O)[O-])c1. The summed E-state index contributed by atoms with van der Waals surface area (Å²) >= 11 is 0. The van der Waals surface area contributed by atoms with Gasteiger partial charge < -0.3 is 20.0 Å². The topological polar surface area (TPSA) is 78.5 Å². The summed E-state index contributed by atoms with van der Waals surface area (Å²) in [5.41, 5.74) is 0.584. The number of methoxy groups -OCH3 is 1. The number of aliphatic carboxylic acids is 1. The Balaban J connectivity index is 2.10. The normalized spacial score (nSPS) is 21.2. The number of ether oxygens (including phenoxy) is 1. The van der Waals surface area contributed by atoms with Crippen LogP contribution in [0.2, 0.25) is 0 Å². The molecule has 1 aliphatic carbocycles. The van der Waals surface area contributed by atoms with E-state index in [9.17, 15) is 14.7 Å². The first-order valence-electron chi connectivity index (χ1n) is 6.42. The molecule has 20 heavy (non-hydrogen) atoms. The Labute approximate surface area is 117 Å². The second-order valence-corrected chi connectivity index (χ2v) is 4.70. The molecule has 1 aromatic rings. The number of carboxylic acid groups (broad SMARTS) is 1. The highest BCUT2D eigenvalue weighted by Crippen LogP contribution is 2.27. The van der Waals surface area contributed by atoms with Gasteiger partial charge in [-0.2, -0.15) is 0 Å². The van der Waals surface area contributed by atoms with Gasteiger partial charge in [0.25, 0.3) is 0 Å². The van der Waals surface area contributed by atoms with E-state index in [-0.39, 0.29) is 5.91 Å². The molecule has 0 aromatic heterocycles. The number of carbonyl (C=O) groups excluding carboxylic acids is 2. The van der Waals surface area contributed by atoms with Crippen LogP contribution in [0.4, 0.5) is 5.69 Å². The molecular formula is C15H16NO4-. The molecule has 1 N–H and O–H groups in total. The second-order valence-electron chi connectivity index (χ2n) is 4.70. The molecule has 1 aliphatic rings. The third kappa shape index (κ3) is 3.17. The van der Waals surface area contributed by atoms with Gasteiger partial charge in [0.05, 0.1) is 13.0 Å². The second kappa shape index (κ2) is 6.23. The number of nitrogens with one attached hydrogen (secondary N) is 1. The maximum atomic E-state index is 12.2. The van der Waals surface area contributed by atoms with Crippen molar-refractivity contribution in [1.29, 1.82) is 0 Å². The molecule has 0 saturated heterocycles. The van der Waals surface area contributed by atoms with Crippen LogP contribution in [0, 0.1) is 11.8 Å². The Morgan fingerprint density at radius 3 is 2.60 bits per heavy atom. The number of amides is 1. The Bertz CT molecular complexity index is 538. The van der Waals surface area contributed by atoms with Crippen molar-refractivity contribution in [2.75, 3.05) is 12.4 Å². The molecule has 0 fully saturated rings. The lowest BCUT2D eigenvalue weighted by atomic mass is 9.82. The number of allylic oxidation sites excluding steroid dienone is 2. The summed E-state index contributed by atoms with van der Waals surface area (Å²) in [6, 6.07) is 6.94. The van der Waals surface area contributed by atoms with Crippen LogP contribution in [-0.2, 0) is 9.59 Å². The molecule has 5 heteroatoms. The zero-order valence-corrected chi connectivity index (χ0v) is 11.2. The zero-order valence-electron chi connectivity index (χ0n) is 11.2. The smallest absolute Gasteiger partial charge is 0.228 e. The Morgan fingerprint density at radius 2 is 1.95 bits per heavy atom. The van der Waals surface area contributed by atoms with Gasteiger partial charge in [0, 0.05) is 23.6 Å². The minimum absolute atomic E-state index is 0.309. The first-order chi connectivity index (χ1) is 9.61. The van der Waals surface area contributed by atoms with Crippen LogP contribution < -0.4 is 15.2 Å². The molecule has 2 rings (SSSR count). The van der Waals surface area contributed by atoms with Crippen molar-refractivity contribution >= 4 is 17.6 Å². The molecule has 0 aliphatic heterocycles. The minimum Gasteiger partial charge on any atom is -0.550 e. The first kappa shape index (κ1) is 14.1. The zero-order chi connectivity index (χ0) is 14.5. The van der Waals surface area contributed by atoms with Crippen LogP contribution in [0.25, 0.3) is 0 Å². The highest BCUT2D eigenvalue weighted by Gasteiger charge is 2.29. The van der Waals surface area contributed by atoms with E-state index in [0.29, 0.717) is 24.3 Å². The average Bonchev–Trinajstić information content (AvgIpc) is 2.47. The lowest BCUT2D eigenvalue weighted by Gasteiger charge is -2.28. The average molecular weight is 274 g/mol. The van der Waals surface area contributed by atoms with Gasteiger partial charge in [0.1, 0.15) is 5.75 Å². The number of benzene rings is 1. The molecule has 1 aromatic carbocycles. The molecule has 2 atom stereocenters. The van der Waals surface area contributed by atoms with Gasteiger partial charge in [-0.1, -0.05) is 18.2 Å². The summed E-state index contributed by atoms with van der Waals surface area (Å²) in [6.07, 6.45) is 4.35. The summed E-state index contributed by atoms with van der Waals surface area (Å²) < 4.78 is 5.07. The number of hydrogen-bond donors (Lipinski definition) is 1. The minimum atomic E-state index is -1.18. The van der Waals surface area contributed by atoms with Gasteiger partial charge in [-0.15, -0.1) is 0 Å². The Kier molecular flexibility index (Phi) is 4.40. The summed E-state index contributed by atoms with van der Waals surface area (Å²) in [7, 11) is 1.54. The Morgan fingerprint density at radius 1 is 1.25 bits per heavy atom. The van der Waals surface area contributed by atoms with E-state index in [1.165, 1.54) is 0 Å². The Hall–Kier alpha value is -2.30. The van der Waals surface area contributed by atoms with Crippen LogP contribution in [0.3, 0.4) is 0 Å². The van der Waals surface area contributed by atoms with Crippen molar-refractivity contribution in [3.05, 3.63) is 36.4 Å². The predicted molar refractivity (Wildman–Crippen MR) is 72.0 cm³/mol. The molecule has 0 heterocycles. The summed E-state index contributed by atoms with van der Waals surface area (Å²) in [4.78, 5) is 23.3. The quantitative estimate of drug-likeness (QED) is 0.830. The maximum absolute atomic E-state index is 12.2. The number of carboxylic acids is 1. The van der Waals surface area contributed by atoms with E-state index in [1.54, 1.807) is 37.5 Å². The molecule has 0 saturated carbocycles. The molecule has 0 radical (unpaired) electrons. The van der Waals surface area contributed by atoms with Crippen molar-refractivity contribution < 1.29 is 19.4 Å². The standard InChI is InChI=1S/C15H17NO4/c1-20-11-6-4-5-10(9-11)16-14(17)12-7-2-3-8-13(12)15(18)19/h2-6,9,12-13H,7-8H2,1H3,(H,16,17)(H,18,19)/p-1/t12-,13-/m1/s1. The summed E-state index contributed by atoms with van der Waals surface area (Å²) in [6.45, 7) is 0. The first-order valence-corrected chi connectivity index (χ1v) is 6.42. The van der Waals surface area contributed by atoms with Gasteiger partial charge in [0.15, 0.2) is 0 Å². The van der Waals surface area contributed by atoms with E-state index in [4.69, 9.17) is 4.74 Å².